The normalized spacial score (nSPS) is 10.6. The molecule has 0 radical (unpaired) electrons. The molecule has 0 atom stereocenters. The molecule has 0 N–H and O–H groups in total. The van der Waals surface area contributed by atoms with Crippen molar-refractivity contribution in [2.45, 2.75) is 0 Å². The number of allylic oxidation sites excluding steroid dienone is 1. The summed E-state index contributed by atoms with van der Waals surface area (Å²) < 4.78 is 10.6. The predicted octanol–water partition coefficient (Wildman–Crippen LogP) is 4.25. The first-order chi connectivity index (χ1) is 10.2. The second kappa shape index (κ2) is 6.95. The Hall–Kier alpha value is -2.26. The van der Waals surface area contributed by atoms with Crippen molar-refractivity contribution in [2.24, 2.45) is 0 Å². The molecule has 0 aliphatic heterocycles. The fourth-order valence-corrected chi connectivity index (χ4v) is 2.04. The van der Waals surface area contributed by atoms with Gasteiger partial charge in [-0.2, -0.15) is 0 Å². The first-order valence-electron chi connectivity index (χ1n) is 6.34. The Labute approximate surface area is 128 Å². The largest absolute Gasteiger partial charge is 0.496 e. The van der Waals surface area contributed by atoms with Crippen molar-refractivity contribution in [3.63, 3.8) is 0 Å². The quantitative estimate of drug-likeness (QED) is 0.612. The molecule has 4 heteroatoms. The Morgan fingerprint density at radius 2 is 1.57 bits per heavy atom. The van der Waals surface area contributed by atoms with Gasteiger partial charge in [-0.3, -0.25) is 4.79 Å². The summed E-state index contributed by atoms with van der Waals surface area (Å²) in [6.07, 6.45) is 3.18. The molecule has 0 saturated heterocycles. The van der Waals surface area contributed by atoms with Crippen LogP contribution in [-0.2, 0) is 0 Å². The zero-order valence-electron chi connectivity index (χ0n) is 11.8. The topological polar surface area (TPSA) is 35.5 Å². The van der Waals surface area contributed by atoms with Crippen molar-refractivity contribution in [1.29, 1.82) is 0 Å². The lowest BCUT2D eigenvalue weighted by Crippen LogP contribution is -1.95. The second-order valence-corrected chi connectivity index (χ2v) is 4.72. The molecule has 2 rings (SSSR count). The Morgan fingerprint density at radius 3 is 2.10 bits per heavy atom. The van der Waals surface area contributed by atoms with E-state index >= 15 is 0 Å². The third-order valence-corrected chi connectivity index (χ3v) is 3.25. The van der Waals surface area contributed by atoms with Crippen LogP contribution in [0.25, 0.3) is 6.08 Å². The summed E-state index contributed by atoms with van der Waals surface area (Å²) in [7, 11) is 3.15. The molecule has 2 aromatic rings. The number of carbonyl (C=O) groups excluding carboxylic acids is 1. The standard InChI is InChI=1S/C17H15ClO3/c1-20-16-4-3-5-17(21-2)14(16)10-11-15(19)12-6-8-13(18)9-7-12/h3-11H,1-2H3/b11-10+. The molecule has 0 fully saturated rings. The molecule has 0 bridgehead atoms. The smallest absolute Gasteiger partial charge is 0.185 e. The maximum atomic E-state index is 12.1. The summed E-state index contributed by atoms with van der Waals surface area (Å²) in [5.74, 6) is 1.18. The molecule has 0 saturated carbocycles. The lowest BCUT2D eigenvalue weighted by atomic mass is 10.1. The minimum Gasteiger partial charge on any atom is -0.496 e. The minimum absolute atomic E-state index is 0.111. The Balaban J connectivity index is 2.28. The van der Waals surface area contributed by atoms with Gasteiger partial charge in [0, 0.05) is 10.6 Å². The van der Waals surface area contributed by atoms with E-state index in [9.17, 15) is 4.79 Å². The van der Waals surface area contributed by atoms with Crippen LogP contribution in [0.4, 0.5) is 0 Å². The van der Waals surface area contributed by atoms with Gasteiger partial charge in [-0.25, -0.2) is 0 Å². The monoisotopic (exact) mass is 302 g/mol. The van der Waals surface area contributed by atoms with Crippen LogP contribution >= 0.6 is 11.6 Å². The van der Waals surface area contributed by atoms with Gasteiger partial charge in [-0.1, -0.05) is 17.7 Å². The summed E-state index contributed by atoms with van der Waals surface area (Å²) in [5, 5.41) is 0.599. The van der Waals surface area contributed by atoms with Crippen LogP contribution in [0.15, 0.2) is 48.5 Å². The van der Waals surface area contributed by atoms with Crippen molar-refractivity contribution in [1.82, 2.24) is 0 Å². The molecule has 0 aliphatic carbocycles. The van der Waals surface area contributed by atoms with E-state index in [-0.39, 0.29) is 5.78 Å². The second-order valence-electron chi connectivity index (χ2n) is 4.28. The average molecular weight is 303 g/mol. The molecule has 0 spiro atoms. The van der Waals surface area contributed by atoms with Crippen molar-refractivity contribution >= 4 is 23.5 Å². The number of carbonyl (C=O) groups is 1. The van der Waals surface area contributed by atoms with Gasteiger partial charge >= 0.3 is 0 Å². The lowest BCUT2D eigenvalue weighted by Gasteiger charge is -2.09. The molecule has 3 nitrogen and oxygen atoms in total. The average Bonchev–Trinajstić information content (AvgIpc) is 2.52. The number of hydrogen-bond acceptors (Lipinski definition) is 3. The van der Waals surface area contributed by atoms with Crippen LogP contribution in [0.5, 0.6) is 11.5 Å². The number of halogens is 1. The van der Waals surface area contributed by atoms with E-state index in [4.69, 9.17) is 21.1 Å². The lowest BCUT2D eigenvalue weighted by molar-refractivity contribution is 0.104. The van der Waals surface area contributed by atoms with Crippen LogP contribution < -0.4 is 9.47 Å². The number of ether oxygens (including phenoxy) is 2. The summed E-state index contributed by atoms with van der Waals surface area (Å²) in [6, 6.07) is 12.2. The van der Waals surface area contributed by atoms with Gasteiger partial charge in [-0.15, -0.1) is 0 Å². The highest BCUT2D eigenvalue weighted by molar-refractivity contribution is 6.30. The van der Waals surface area contributed by atoms with Crippen LogP contribution in [-0.4, -0.2) is 20.0 Å². The fourth-order valence-electron chi connectivity index (χ4n) is 1.91. The van der Waals surface area contributed by atoms with Gasteiger partial charge < -0.3 is 9.47 Å². The maximum Gasteiger partial charge on any atom is 0.185 e. The molecule has 0 aromatic heterocycles. The van der Waals surface area contributed by atoms with Crippen LogP contribution in [0.3, 0.4) is 0 Å². The van der Waals surface area contributed by atoms with Crippen molar-refractivity contribution in [2.75, 3.05) is 14.2 Å². The summed E-state index contributed by atoms with van der Waals surface area (Å²) in [5.41, 5.74) is 1.30. The van der Waals surface area contributed by atoms with Crippen LogP contribution in [0.2, 0.25) is 5.02 Å². The molecule has 21 heavy (non-hydrogen) atoms. The zero-order chi connectivity index (χ0) is 15.2. The third-order valence-electron chi connectivity index (χ3n) is 3.00. The Morgan fingerprint density at radius 1 is 1.00 bits per heavy atom. The summed E-state index contributed by atoms with van der Waals surface area (Å²) in [6.45, 7) is 0. The van der Waals surface area contributed by atoms with E-state index < -0.39 is 0 Å². The zero-order valence-corrected chi connectivity index (χ0v) is 12.6. The highest BCUT2D eigenvalue weighted by Gasteiger charge is 2.08. The van der Waals surface area contributed by atoms with Gasteiger partial charge in [0.1, 0.15) is 11.5 Å². The first kappa shape index (κ1) is 15.1. The summed E-state index contributed by atoms with van der Waals surface area (Å²) >= 11 is 5.81. The molecule has 108 valence electrons. The fraction of sp³-hybridized carbons (Fsp3) is 0.118. The van der Waals surface area contributed by atoms with E-state index in [2.05, 4.69) is 0 Å². The van der Waals surface area contributed by atoms with Crippen LogP contribution in [0, 0.1) is 0 Å². The number of benzene rings is 2. The van der Waals surface area contributed by atoms with E-state index in [1.165, 1.54) is 6.08 Å². The highest BCUT2D eigenvalue weighted by Crippen LogP contribution is 2.29. The number of ketones is 1. The third kappa shape index (κ3) is 3.64. The van der Waals surface area contributed by atoms with Gasteiger partial charge in [0.15, 0.2) is 5.78 Å². The number of methoxy groups -OCH3 is 2. The van der Waals surface area contributed by atoms with Crippen LogP contribution in [0.1, 0.15) is 15.9 Å². The number of hydrogen-bond donors (Lipinski definition) is 0. The van der Waals surface area contributed by atoms with E-state index in [1.54, 1.807) is 44.6 Å². The molecule has 2 aromatic carbocycles. The highest BCUT2D eigenvalue weighted by atomic mass is 35.5. The minimum atomic E-state index is -0.111. The van der Waals surface area contributed by atoms with E-state index in [1.807, 2.05) is 18.2 Å². The molecular weight excluding hydrogens is 288 g/mol. The van der Waals surface area contributed by atoms with Crippen molar-refractivity contribution < 1.29 is 14.3 Å². The molecule has 0 amide bonds. The SMILES string of the molecule is COc1cccc(OC)c1/C=C/C(=O)c1ccc(Cl)cc1. The summed E-state index contributed by atoms with van der Waals surface area (Å²) in [4.78, 5) is 12.1. The predicted molar refractivity (Wildman–Crippen MR) is 84.4 cm³/mol. The Kier molecular flexibility index (Phi) is 5.01. The van der Waals surface area contributed by atoms with E-state index in [0.29, 0.717) is 22.1 Å². The Bertz CT molecular complexity index is 638. The molecule has 0 unspecified atom stereocenters. The molecule has 0 aliphatic rings. The van der Waals surface area contributed by atoms with Gasteiger partial charge in [-0.05, 0) is 48.6 Å². The van der Waals surface area contributed by atoms with Gasteiger partial charge in [0.2, 0.25) is 0 Å². The van der Waals surface area contributed by atoms with Crippen molar-refractivity contribution in [3.05, 3.63) is 64.7 Å². The van der Waals surface area contributed by atoms with Gasteiger partial charge in [0.05, 0.1) is 19.8 Å². The van der Waals surface area contributed by atoms with Gasteiger partial charge in [0.25, 0.3) is 0 Å². The van der Waals surface area contributed by atoms with Crippen molar-refractivity contribution in [3.8, 4) is 11.5 Å². The number of rotatable bonds is 5. The first-order valence-corrected chi connectivity index (χ1v) is 6.72. The molecule has 0 heterocycles. The van der Waals surface area contributed by atoms with E-state index in [0.717, 1.165) is 5.56 Å². The molecular formula is C17H15ClO3. The maximum absolute atomic E-state index is 12.1.